The Balaban J connectivity index is 1.40. The van der Waals surface area contributed by atoms with Gasteiger partial charge < -0.3 is 30.5 Å². The minimum absolute atomic E-state index is 0.0744. The minimum atomic E-state index is -0.853. The summed E-state index contributed by atoms with van der Waals surface area (Å²) in [6.45, 7) is 9.25. The molecule has 3 heterocycles. The fraction of sp³-hybridized carbons (Fsp3) is 0.500. The molecular formula is C36H48N8O5. The topological polar surface area (TPSA) is 151 Å². The van der Waals surface area contributed by atoms with Gasteiger partial charge in [0.05, 0.1) is 24.8 Å². The number of carbonyl (C=O) groups excluding carboxylic acids is 4. The Morgan fingerprint density at radius 1 is 0.918 bits per heavy atom. The zero-order chi connectivity index (χ0) is 34.8. The summed E-state index contributed by atoms with van der Waals surface area (Å²) in [5, 5.41) is 13.5. The number of rotatable bonds is 5. The number of hydrogen-bond acceptors (Lipinski definition) is 8. The summed E-state index contributed by atoms with van der Waals surface area (Å²) in [7, 11) is 0. The summed E-state index contributed by atoms with van der Waals surface area (Å²) in [5.41, 5.74) is 2.35. The highest BCUT2D eigenvalue weighted by molar-refractivity contribution is 6.00. The van der Waals surface area contributed by atoms with Crippen LogP contribution >= 0.6 is 0 Å². The summed E-state index contributed by atoms with van der Waals surface area (Å²) in [4.78, 5) is 63.0. The van der Waals surface area contributed by atoms with Crippen molar-refractivity contribution in [1.29, 1.82) is 0 Å². The Labute approximate surface area is 287 Å². The molecule has 0 unspecified atom stereocenters. The number of fused-ring (bicyclic) bond motifs is 1. The van der Waals surface area contributed by atoms with Crippen LogP contribution in [0, 0.1) is 12.8 Å². The Kier molecular flexibility index (Phi) is 12.4. The molecule has 3 aromatic rings. The largest absolute Gasteiger partial charge is 0.378 e. The lowest BCUT2D eigenvalue weighted by atomic mass is 10.0. The van der Waals surface area contributed by atoms with Crippen LogP contribution in [0.1, 0.15) is 66.7 Å². The van der Waals surface area contributed by atoms with Crippen LogP contribution < -0.4 is 20.9 Å². The predicted molar refractivity (Wildman–Crippen MR) is 185 cm³/mol. The Morgan fingerprint density at radius 2 is 1.63 bits per heavy atom. The van der Waals surface area contributed by atoms with E-state index in [-0.39, 0.29) is 42.5 Å². The molecule has 1 aromatic heterocycles. The van der Waals surface area contributed by atoms with Crippen molar-refractivity contribution >= 4 is 29.3 Å². The molecule has 262 valence electrons. The van der Waals surface area contributed by atoms with Crippen LogP contribution in [-0.2, 0) is 32.1 Å². The average molecular weight is 673 g/mol. The number of benzene rings is 2. The van der Waals surface area contributed by atoms with E-state index in [9.17, 15) is 19.2 Å². The van der Waals surface area contributed by atoms with E-state index in [1.54, 1.807) is 11.8 Å². The van der Waals surface area contributed by atoms with Crippen molar-refractivity contribution < 1.29 is 23.9 Å². The van der Waals surface area contributed by atoms with E-state index >= 15 is 0 Å². The molecule has 0 radical (unpaired) electrons. The third-order valence-electron chi connectivity index (χ3n) is 8.81. The van der Waals surface area contributed by atoms with Gasteiger partial charge in [0.1, 0.15) is 18.4 Å². The van der Waals surface area contributed by atoms with Gasteiger partial charge in [-0.2, -0.15) is 5.10 Å². The van der Waals surface area contributed by atoms with E-state index in [0.29, 0.717) is 82.4 Å². The second kappa shape index (κ2) is 17.0. The van der Waals surface area contributed by atoms with Gasteiger partial charge in [0.15, 0.2) is 5.82 Å². The lowest BCUT2D eigenvalue weighted by molar-refractivity contribution is -0.129. The van der Waals surface area contributed by atoms with Gasteiger partial charge in [-0.25, -0.2) is 9.67 Å². The quantitative estimate of drug-likeness (QED) is 0.374. The van der Waals surface area contributed by atoms with Crippen LogP contribution in [0.3, 0.4) is 0 Å². The summed E-state index contributed by atoms with van der Waals surface area (Å²) in [6.07, 6.45) is 1.35. The van der Waals surface area contributed by atoms with Gasteiger partial charge in [-0.1, -0.05) is 56.3 Å². The minimum Gasteiger partial charge on any atom is -0.378 e. The number of nitrogens with zero attached hydrogens (tertiary/aromatic N) is 5. The highest BCUT2D eigenvalue weighted by Crippen LogP contribution is 2.24. The van der Waals surface area contributed by atoms with Crippen molar-refractivity contribution in [2.45, 2.75) is 65.1 Å². The summed E-state index contributed by atoms with van der Waals surface area (Å²) in [5.74, 6) is -0.134. The first kappa shape index (κ1) is 35.5. The van der Waals surface area contributed by atoms with Crippen molar-refractivity contribution in [1.82, 2.24) is 35.6 Å². The van der Waals surface area contributed by atoms with E-state index in [4.69, 9.17) is 4.74 Å². The molecule has 13 nitrogen and oxygen atoms in total. The zero-order valence-corrected chi connectivity index (χ0v) is 28.7. The molecule has 49 heavy (non-hydrogen) atoms. The van der Waals surface area contributed by atoms with E-state index in [0.717, 1.165) is 11.3 Å². The van der Waals surface area contributed by atoms with Gasteiger partial charge in [0, 0.05) is 51.3 Å². The number of hydrogen-bond donors (Lipinski definition) is 3. The third kappa shape index (κ3) is 9.65. The average Bonchev–Trinajstić information content (AvgIpc) is 3.46. The molecule has 2 aliphatic heterocycles. The zero-order valence-electron chi connectivity index (χ0n) is 28.7. The molecule has 2 atom stereocenters. The lowest BCUT2D eigenvalue weighted by Gasteiger charge is -2.32. The maximum Gasteiger partial charge on any atom is 0.255 e. The molecular weight excluding hydrogens is 624 g/mol. The maximum atomic E-state index is 14.1. The highest BCUT2D eigenvalue weighted by atomic mass is 16.5. The van der Waals surface area contributed by atoms with Crippen LogP contribution in [0.5, 0.6) is 0 Å². The van der Waals surface area contributed by atoms with Crippen molar-refractivity contribution in [3.63, 3.8) is 0 Å². The molecule has 0 aliphatic carbocycles. The fourth-order valence-corrected chi connectivity index (χ4v) is 6.27. The predicted octanol–water partition coefficient (Wildman–Crippen LogP) is 2.41. The van der Waals surface area contributed by atoms with E-state index in [1.807, 2.05) is 68.4 Å². The van der Waals surface area contributed by atoms with Gasteiger partial charge in [-0.3, -0.25) is 19.2 Å². The SMILES string of the molecule is Cc1nc2n(n1)CC(=O)NCCCN(C(=O)c1ccccc1N1CCOCC1)CCCC(=O)N[C@H](Cc1ccccc1)C(=O)N[C@H]2C(C)C. The van der Waals surface area contributed by atoms with Crippen LogP contribution in [0.25, 0.3) is 0 Å². The van der Waals surface area contributed by atoms with Crippen LogP contribution in [0.2, 0.25) is 0 Å². The van der Waals surface area contributed by atoms with Crippen LogP contribution in [0.4, 0.5) is 5.69 Å². The fourth-order valence-electron chi connectivity index (χ4n) is 6.27. The first-order valence-electron chi connectivity index (χ1n) is 17.2. The van der Waals surface area contributed by atoms with Crippen molar-refractivity contribution in [3.05, 3.63) is 77.4 Å². The second-order valence-corrected chi connectivity index (χ2v) is 12.9. The number of para-hydroxylation sites is 1. The summed E-state index contributed by atoms with van der Waals surface area (Å²) < 4.78 is 7.06. The van der Waals surface area contributed by atoms with Crippen LogP contribution in [0.15, 0.2) is 54.6 Å². The molecule has 3 N–H and O–H groups in total. The van der Waals surface area contributed by atoms with Crippen molar-refractivity contribution in [2.75, 3.05) is 50.8 Å². The molecule has 5 rings (SSSR count). The van der Waals surface area contributed by atoms with E-state index in [2.05, 4.69) is 30.9 Å². The van der Waals surface area contributed by atoms with E-state index < -0.39 is 12.1 Å². The second-order valence-electron chi connectivity index (χ2n) is 12.9. The molecule has 2 aromatic carbocycles. The number of nitrogens with one attached hydrogen (secondary N) is 3. The standard InChI is InChI=1S/C36H48N8O5/c1-25(2)33-34-38-26(3)41-44(34)24-32(46)37-16-10-18-43(36(48)28-13-7-8-14-30(28)42-19-21-49-22-20-42)17-9-15-31(45)39-29(35(47)40-33)23-27-11-5-4-6-12-27/h4-8,11-14,25,29,33H,9-10,15-24H2,1-3H3,(H,37,46)(H,39,45)(H,40,47)/t29-,33+/m1/s1. The van der Waals surface area contributed by atoms with Gasteiger partial charge >= 0.3 is 0 Å². The third-order valence-corrected chi connectivity index (χ3v) is 8.81. The van der Waals surface area contributed by atoms with Crippen molar-refractivity contribution in [3.8, 4) is 0 Å². The van der Waals surface area contributed by atoms with Crippen LogP contribution in [-0.4, -0.2) is 95.3 Å². The molecule has 1 fully saturated rings. The monoisotopic (exact) mass is 672 g/mol. The number of aromatic nitrogens is 3. The number of amides is 4. The van der Waals surface area contributed by atoms with Gasteiger partial charge in [-0.15, -0.1) is 0 Å². The smallest absolute Gasteiger partial charge is 0.255 e. The van der Waals surface area contributed by atoms with Gasteiger partial charge in [0.25, 0.3) is 5.91 Å². The van der Waals surface area contributed by atoms with Crippen molar-refractivity contribution in [2.24, 2.45) is 5.92 Å². The highest BCUT2D eigenvalue weighted by Gasteiger charge is 2.30. The molecule has 13 heteroatoms. The molecule has 4 amide bonds. The molecule has 2 aliphatic rings. The van der Waals surface area contributed by atoms with E-state index in [1.165, 1.54) is 4.68 Å². The molecule has 0 bridgehead atoms. The Hall–Kier alpha value is -4.78. The Bertz CT molecular complexity index is 1590. The first-order valence-corrected chi connectivity index (χ1v) is 17.2. The number of aryl methyl sites for hydroxylation is 1. The lowest BCUT2D eigenvalue weighted by Crippen LogP contribution is -2.50. The van der Waals surface area contributed by atoms with Gasteiger partial charge in [-0.05, 0) is 43.4 Å². The Morgan fingerprint density at radius 3 is 2.39 bits per heavy atom. The number of ether oxygens (including phenoxy) is 1. The van der Waals surface area contributed by atoms with Gasteiger partial charge in [0.2, 0.25) is 17.7 Å². The number of anilines is 1. The first-order chi connectivity index (χ1) is 23.7. The number of carbonyl (C=O) groups is 4. The molecule has 0 saturated carbocycles. The normalized spacial score (nSPS) is 20.4. The summed E-state index contributed by atoms with van der Waals surface area (Å²) in [6, 6.07) is 15.7. The number of morpholine rings is 1. The molecule has 1 saturated heterocycles. The maximum absolute atomic E-state index is 14.1. The molecule has 0 spiro atoms. The summed E-state index contributed by atoms with van der Waals surface area (Å²) >= 11 is 0.